The lowest BCUT2D eigenvalue weighted by atomic mass is 10.2. The Balaban J connectivity index is 2.11. The van der Waals surface area contributed by atoms with Crippen LogP contribution < -0.4 is 9.64 Å². The van der Waals surface area contributed by atoms with Crippen LogP contribution in [0.5, 0.6) is 5.75 Å². The minimum absolute atomic E-state index is 0.101. The summed E-state index contributed by atoms with van der Waals surface area (Å²) in [5.41, 5.74) is 2.14. The molecular formula is C16H11F3IN3O. The molecule has 2 aromatic rings. The summed E-state index contributed by atoms with van der Waals surface area (Å²) in [6.45, 7) is 2.34. The van der Waals surface area contributed by atoms with Crippen molar-refractivity contribution in [1.29, 1.82) is 5.26 Å². The molecule has 0 aliphatic carbocycles. The third-order valence-corrected chi connectivity index (χ3v) is 4.59. The minimum Gasteiger partial charge on any atom is -0.404 e. The standard InChI is InChI=1S/C16H11F3IN3O/c1-9-6-12(20)11-4-5-23(15(11)22-9)13-3-2-10(8-21)7-14(13)24-16(17,18)19/h2-3,6-7H,4-5H2,1H3. The third-order valence-electron chi connectivity index (χ3n) is 3.62. The summed E-state index contributed by atoms with van der Waals surface area (Å²) in [4.78, 5) is 6.17. The smallest absolute Gasteiger partial charge is 0.404 e. The maximum Gasteiger partial charge on any atom is 0.573 e. The van der Waals surface area contributed by atoms with Crippen molar-refractivity contribution in [2.24, 2.45) is 0 Å². The highest BCUT2D eigenvalue weighted by Gasteiger charge is 2.34. The minimum atomic E-state index is -4.83. The molecule has 8 heteroatoms. The highest BCUT2D eigenvalue weighted by molar-refractivity contribution is 14.1. The second kappa shape index (κ2) is 6.12. The topological polar surface area (TPSA) is 49.2 Å². The Morgan fingerprint density at radius 1 is 1.33 bits per heavy atom. The van der Waals surface area contributed by atoms with Crippen molar-refractivity contribution in [2.45, 2.75) is 19.7 Å². The summed E-state index contributed by atoms with van der Waals surface area (Å²) in [7, 11) is 0. The molecule has 0 unspecified atom stereocenters. The highest BCUT2D eigenvalue weighted by Crippen LogP contribution is 2.41. The van der Waals surface area contributed by atoms with E-state index < -0.39 is 12.1 Å². The number of pyridine rings is 1. The van der Waals surface area contributed by atoms with Gasteiger partial charge in [-0.25, -0.2) is 4.98 Å². The first-order valence-electron chi connectivity index (χ1n) is 7.02. The molecule has 1 aliphatic rings. The average molecular weight is 445 g/mol. The highest BCUT2D eigenvalue weighted by atomic mass is 127. The molecule has 0 spiro atoms. The van der Waals surface area contributed by atoms with Crippen molar-refractivity contribution in [3.05, 3.63) is 44.7 Å². The second-order valence-electron chi connectivity index (χ2n) is 5.29. The third kappa shape index (κ3) is 3.26. The number of anilines is 2. The van der Waals surface area contributed by atoms with Crippen molar-refractivity contribution in [3.63, 3.8) is 0 Å². The number of halogens is 4. The zero-order chi connectivity index (χ0) is 17.5. The van der Waals surface area contributed by atoms with Gasteiger partial charge >= 0.3 is 6.36 Å². The van der Waals surface area contributed by atoms with Gasteiger partial charge in [-0.3, -0.25) is 0 Å². The first-order chi connectivity index (χ1) is 11.3. The Hall–Kier alpha value is -2.02. The van der Waals surface area contributed by atoms with Gasteiger partial charge in [0.25, 0.3) is 0 Å². The van der Waals surface area contributed by atoms with Crippen LogP contribution in [-0.2, 0) is 6.42 Å². The van der Waals surface area contributed by atoms with Crippen LogP contribution in [0.2, 0.25) is 0 Å². The van der Waals surface area contributed by atoms with E-state index in [4.69, 9.17) is 5.26 Å². The molecule has 3 rings (SSSR count). The van der Waals surface area contributed by atoms with E-state index in [1.54, 1.807) is 4.90 Å². The predicted molar refractivity (Wildman–Crippen MR) is 90.2 cm³/mol. The molecular weight excluding hydrogens is 434 g/mol. The molecule has 0 fully saturated rings. The van der Waals surface area contributed by atoms with E-state index in [2.05, 4.69) is 32.3 Å². The summed E-state index contributed by atoms with van der Waals surface area (Å²) in [6.07, 6.45) is -4.15. The molecule has 4 nitrogen and oxygen atoms in total. The van der Waals surface area contributed by atoms with Crippen molar-refractivity contribution >= 4 is 34.1 Å². The lowest BCUT2D eigenvalue weighted by Crippen LogP contribution is -2.21. The number of aryl methyl sites for hydroxylation is 1. The number of nitriles is 1. The maximum atomic E-state index is 12.7. The molecule has 0 saturated carbocycles. The molecule has 0 atom stereocenters. The fourth-order valence-electron chi connectivity index (χ4n) is 2.68. The zero-order valence-electron chi connectivity index (χ0n) is 12.5. The molecule has 0 bridgehead atoms. The van der Waals surface area contributed by atoms with Gasteiger partial charge < -0.3 is 9.64 Å². The number of hydrogen-bond acceptors (Lipinski definition) is 4. The fraction of sp³-hybridized carbons (Fsp3) is 0.250. The summed E-state index contributed by atoms with van der Waals surface area (Å²) in [6, 6.07) is 7.80. The van der Waals surface area contributed by atoms with E-state index in [1.165, 1.54) is 12.1 Å². The number of hydrogen-bond donors (Lipinski definition) is 0. The van der Waals surface area contributed by atoms with E-state index in [0.717, 1.165) is 20.9 Å². The van der Waals surface area contributed by atoms with Crippen LogP contribution in [0.4, 0.5) is 24.7 Å². The monoisotopic (exact) mass is 445 g/mol. The average Bonchev–Trinajstić information content (AvgIpc) is 2.89. The van der Waals surface area contributed by atoms with E-state index in [-0.39, 0.29) is 11.3 Å². The molecule has 1 aromatic heterocycles. The fourth-order valence-corrected chi connectivity index (χ4v) is 3.64. The first-order valence-corrected chi connectivity index (χ1v) is 8.10. The van der Waals surface area contributed by atoms with E-state index in [9.17, 15) is 13.2 Å². The summed E-state index contributed by atoms with van der Waals surface area (Å²) < 4.78 is 43.4. The number of rotatable bonds is 2. The van der Waals surface area contributed by atoms with Gasteiger partial charge in [0.15, 0.2) is 5.75 Å². The molecule has 24 heavy (non-hydrogen) atoms. The lowest BCUT2D eigenvalue weighted by Gasteiger charge is -2.23. The molecule has 0 N–H and O–H groups in total. The SMILES string of the molecule is Cc1cc(I)c2c(n1)N(c1ccc(C#N)cc1OC(F)(F)F)CC2. The molecule has 0 radical (unpaired) electrons. The van der Waals surface area contributed by atoms with E-state index >= 15 is 0 Å². The predicted octanol–water partition coefficient (Wildman–Crippen LogP) is 4.46. The molecule has 1 aliphatic heterocycles. The van der Waals surface area contributed by atoms with Gasteiger partial charge in [0, 0.05) is 27.4 Å². The molecule has 1 aromatic carbocycles. The van der Waals surface area contributed by atoms with Crippen molar-refractivity contribution in [3.8, 4) is 11.8 Å². The summed E-state index contributed by atoms with van der Waals surface area (Å²) in [5.74, 6) is 0.240. The molecule has 0 amide bonds. The van der Waals surface area contributed by atoms with E-state index in [1.807, 2.05) is 19.1 Å². The van der Waals surface area contributed by atoms with Crippen LogP contribution in [0.25, 0.3) is 0 Å². The Labute approximate surface area is 150 Å². The first kappa shape index (κ1) is 16.8. The molecule has 2 heterocycles. The van der Waals surface area contributed by atoms with Gasteiger partial charge in [0.05, 0.1) is 17.3 Å². The van der Waals surface area contributed by atoms with Crippen LogP contribution >= 0.6 is 22.6 Å². The van der Waals surface area contributed by atoms with Crippen LogP contribution in [-0.4, -0.2) is 17.9 Å². The Kier molecular flexibility index (Phi) is 4.29. The van der Waals surface area contributed by atoms with Crippen molar-refractivity contribution < 1.29 is 17.9 Å². The molecule has 0 saturated heterocycles. The summed E-state index contributed by atoms with van der Waals surface area (Å²) >= 11 is 2.20. The largest absolute Gasteiger partial charge is 0.573 e. The van der Waals surface area contributed by atoms with Crippen LogP contribution in [0, 0.1) is 21.8 Å². The Morgan fingerprint density at radius 3 is 2.75 bits per heavy atom. The number of benzene rings is 1. The second-order valence-corrected chi connectivity index (χ2v) is 6.45. The zero-order valence-corrected chi connectivity index (χ0v) is 14.6. The normalized spacial score (nSPS) is 13.6. The van der Waals surface area contributed by atoms with Gasteiger partial charge in [-0.1, -0.05) is 0 Å². The van der Waals surface area contributed by atoms with Gasteiger partial charge in [0.1, 0.15) is 5.82 Å². The quantitative estimate of drug-likeness (QED) is 0.641. The number of nitrogens with zero attached hydrogens (tertiary/aromatic N) is 3. The number of fused-ring (bicyclic) bond motifs is 1. The van der Waals surface area contributed by atoms with Crippen molar-refractivity contribution in [1.82, 2.24) is 4.98 Å². The van der Waals surface area contributed by atoms with E-state index in [0.29, 0.717) is 18.8 Å². The Morgan fingerprint density at radius 2 is 2.08 bits per heavy atom. The van der Waals surface area contributed by atoms with Gasteiger partial charge in [0.2, 0.25) is 0 Å². The lowest BCUT2D eigenvalue weighted by molar-refractivity contribution is -0.274. The van der Waals surface area contributed by atoms with Crippen LogP contribution in [0.15, 0.2) is 24.3 Å². The number of aromatic nitrogens is 1. The van der Waals surface area contributed by atoms with Gasteiger partial charge in [-0.2, -0.15) is 5.26 Å². The van der Waals surface area contributed by atoms with Gasteiger partial charge in [-0.05, 0) is 54.1 Å². The van der Waals surface area contributed by atoms with Crippen molar-refractivity contribution in [2.75, 3.05) is 11.4 Å². The number of ether oxygens (including phenoxy) is 1. The summed E-state index contributed by atoms with van der Waals surface area (Å²) in [5, 5.41) is 8.93. The number of alkyl halides is 3. The van der Waals surface area contributed by atoms with Gasteiger partial charge in [-0.15, -0.1) is 13.2 Å². The van der Waals surface area contributed by atoms with Crippen LogP contribution in [0.3, 0.4) is 0 Å². The van der Waals surface area contributed by atoms with Crippen LogP contribution in [0.1, 0.15) is 16.8 Å². The Bertz CT molecular complexity index is 846. The molecule has 124 valence electrons. The maximum absolute atomic E-state index is 12.7.